The maximum atomic E-state index is 12.6. The second kappa shape index (κ2) is 8.76. The molecule has 7 nitrogen and oxygen atoms in total. The lowest BCUT2D eigenvalue weighted by atomic mass is 9.96. The molecule has 0 saturated carbocycles. The van der Waals surface area contributed by atoms with Crippen molar-refractivity contribution in [1.82, 2.24) is 20.0 Å². The molecule has 0 N–H and O–H groups in total. The van der Waals surface area contributed by atoms with Crippen LogP contribution in [0.25, 0.3) is 0 Å². The summed E-state index contributed by atoms with van der Waals surface area (Å²) in [6.07, 6.45) is 4.38. The molecule has 0 radical (unpaired) electrons. The van der Waals surface area contributed by atoms with Crippen molar-refractivity contribution in [3.05, 3.63) is 47.2 Å². The molecular weight excluding hydrogens is 368 g/mol. The summed E-state index contributed by atoms with van der Waals surface area (Å²) in [4.78, 5) is 28.6. The molecule has 2 fully saturated rings. The Kier molecular flexibility index (Phi) is 5.92. The van der Waals surface area contributed by atoms with E-state index in [0.717, 1.165) is 44.3 Å². The van der Waals surface area contributed by atoms with Crippen LogP contribution in [-0.2, 0) is 22.4 Å². The fourth-order valence-corrected chi connectivity index (χ4v) is 4.20. The van der Waals surface area contributed by atoms with Gasteiger partial charge >= 0.3 is 0 Å². The first-order valence-corrected chi connectivity index (χ1v) is 10.5. The van der Waals surface area contributed by atoms with Gasteiger partial charge in [-0.05, 0) is 38.2 Å². The topological polar surface area (TPSA) is 79.5 Å². The highest BCUT2D eigenvalue weighted by molar-refractivity contribution is 5.79. The molecule has 0 unspecified atom stereocenters. The number of hydrogen-bond donors (Lipinski definition) is 0. The van der Waals surface area contributed by atoms with Crippen molar-refractivity contribution in [2.45, 2.75) is 51.4 Å². The zero-order valence-electron chi connectivity index (χ0n) is 17.0. The number of rotatable bonds is 5. The number of piperidine rings is 1. The average Bonchev–Trinajstić information content (AvgIpc) is 3.40. The van der Waals surface area contributed by atoms with Gasteiger partial charge in [-0.3, -0.25) is 9.59 Å². The van der Waals surface area contributed by atoms with Gasteiger partial charge in [-0.15, -0.1) is 10.2 Å². The number of aryl methyl sites for hydroxylation is 1. The largest absolute Gasteiger partial charge is 0.424 e. The smallest absolute Gasteiger partial charge is 0.231 e. The van der Waals surface area contributed by atoms with E-state index in [1.807, 2.05) is 34.9 Å². The number of carbonyl (C=O) groups is 2. The molecule has 154 valence electrons. The number of carbonyl (C=O) groups excluding carboxylic acids is 2. The lowest BCUT2D eigenvalue weighted by molar-refractivity contribution is -0.132. The first-order valence-electron chi connectivity index (χ1n) is 10.5. The average molecular weight is 396 g/mol. The summed E-state index contributed by atoms with van der Waals surface area (Å²) < 4.78 is 5.78. The van der Waals surface area contributed by atoms with Crippen molar-refractivity contribution in [3.8, 4) is 0 Å². The molecule has 7 heteroatoms. The molecule has 4 rings (SSSR count). The van der Waals surface area contributed by atoms with Crippen LogP contribution in [0.2, 0.25) is 0 Å². The van der Waals surface area contributed by atoms with Crippen LogP contribution >= 0.6 is 0 Å². The van der Waals surface area contributed by atoms with Crippen molar-refractivity contribution >= 4 is 11.8 Å². The molecule has 2 aliphatic rings. The van der Waals surface area contributed by atoms with Gasteiger partial charge in [0, 0.05) is 32.1 Å². The first-order chi connectivity index (χ1) is 14.1. The Hall–Kier alpha value is -2.70. The van der Waals surface area contributed by atoms with Gasteiger partial charge in [0.2, 0.25) is 23.6 Å². The van der Waals surface area contributed by atoms with Gasteiger partial charge in [0.25, 0.3) is 0 Å². The minimum absolute atomic E-state index is 0.0641. The standard InChI is InChI=1S/C22H28N4O3/c1-16-5-4-6-17(13-16)14-20(27)26-11-7-18(8-12-26)22-24-23-19(29-22)15-21(28)25-9-2-3-10-25/h4-6,13,18H,2-3,7-12,14-15H2,1H3. The molecule has 2 amide bonds. The molecule has 0 spiro atoms. The Bertz CT molecular complexity index is 864. The second-order valence-electron chi connectivity index (χ2n) is 8.12. The van der Waals surface area contributed by atoms with E-state index in [1.54, 1.807) is 0 Å². The van der Waals surface area contributed by atoms with Gasteiger partial charge in [0.1, 0.15) is 6.42 Å². The predicted molar refractivity (Wildman–Crippen MR) is 107 cm³/mol. The molecule has 2 aromatic rings. The number of amides is 2. The molecule has 29 heavy (non-hydrogen) atoms. The van der Waals surface area contributed by atoms with E-state index in [2.05, 4.69) is 16.3 Å². The van der Waals surface area contributed by atoms with Crippen molar-refractivity contribution < 1.29 is 14.0 Å². The van der Waals surface area contributed by atoms with Crippen LogP contribution in [0.15, 0.2) is 28.7 Å². The summed E-state index contributed by atoms with van der Waals surface area (Å²) in [7, 11) is 0. The summed E-state index contributed by atoms with van der Waals surface area (Å²) in [6.45, 7) is 5.08. The Morgan fingerprint density at radius 3 is 2.41 bits per heavy atom. The summed E-state index contributed by atoms with van der Waals surface area (Å²) in [5.74, 6) is 1.38. The first kappa shape index (κ1) is 19.6. The Balaban J connectivity index is 1.27. The maximum absolute atomic E-state index is 12.6. The molecule has 1 aromatic carbocycles. The molecule has 1 aromatic heterocycles. The molecule has 0 aliphatic carbocycles. The van der Waals surface area contributed by atoms with Gasteiger partial charge in [0.15, 0.2) is 0 Å². The number of hydrogen-bond acceptors (Lipinski definition) is 5. The number of nitrogens with zero attached hydrogens (tertiary/aromatic N) is 4. The lowest BCUT2D eigenvalue weighted by Crippen LogP contribution is -2.38. The number of benzene rings is 1. The summed E-state index contributed by atoms with van der Waals surface area (Å²) in [5, 5.41) is 8.25. The summed E-state index contributed by atoms with van der Waals surface area (Å²) in [6, 6.07) is 8.09. The van der Waals surface area contributed by atoms with Crippen LogP contribution < -0.4 is 0 Å². The van der Waals surface area contributed by atoms with Gasteiger partial charge < -0.3 is 14.2 Å². The highest BCUT2D eigenvalue weighted by Crippen LogP contribution is 2.27. The van der Waals surface area contributed by atoms with Gasteiger partial charge in [-0.2, -0.15) is 0 Å². The second-order valence-corrected chi connectivity index (χ2v) is 8.12. The van der Waals surface area contributed by atoms with Gasteiger partial charge in [0.05, 0.1) is 6.42 Å². The Morgan fingerprint density at radius 2 is 1.69 bits per heavy atom. The number of likely N-dealkylation sites (tertiary alicyclic amines) is 2. The molecule has 2 saturated heterocycles. The van der Waals surface area contributed by atoms with Crippen LogP contribution in [0.3, 0.4) is 0 Å². The van der Waals surface area contributed by atoms with Crippen LogP contribution in [-0.4, -0.2) is 58.0 Å². The summed E-state index contributed by atoms with van der Waals surface area (Å²) >= 11 is 0. The van der Waals surface area contributed by atoms with Gasteiger partial charge in [-0.25, -0.2) is 0 Å². The fourth-order valence-electron chi connectivity index (χ4n) is 4.20. The predicted octanol–water partition coefficient (Wildman–Crippen LogP) is 2.49. The van der Waals surface area contributed by atoms with Crippen LogP contribution in [0.1, 0.15) is 54.5 Å². The van der Waals surface area contributed by atoms with Crippen LogP contribution in [0, 0.1) is 6.92 Å². The Morgan fingerprint density at radius 1 is 1.00 bits per heavy atom. The van der Waals surface area contributed by atoms with Crippen molar-refractivity contribution in [3.63, 3.8) is 0 Å². The third-order valence-corrected chi connectivity index (χ3v) is 5.88. The molecule has 3 heterocycles. The minimum Gasteiger partial charge on any atom is -0.424 e. The van der Waals surface area contributed by atoms with Crippen molar-refractivity contribution in [2.24, 2.45) is 0 Å². The van der Waals surface area contributed by atoms with Gasteiger partial charge in [-0.1, -0.05) is 29.8 Å². The fraction of sp³-hybridized carbons (Fsp3) is 0.545. The molecule has 2 aliphatic heterocycles. The van der Waals surface area contributed by atoms with E-state index >= 15 is 0 Å². The maximum Gasteiger partial charge on any atom is 0.231 e. The highest BCUT2D eigenvalue weighted by Gasteiger charge is 2.28. The summed E-state index contributed by atoms with van der Waals surface area (Å²) in [5.41, 5.74) is 2.23. The van der Waals surface area contributed by atoms with E-state index in [4.69, 9.17) is 4.42 Å². The minimum atomic E-state index is 0.0641. The monoisotopic (exact) mass is 396 g/mol. The SMILES string of the molecule is Cc1cccc(CC(=O)N2CCC(c3nnc(CC(=O)N4CCCC4)o3)CC2)c1. The van der Waals surface area contributed by atoms with E-state index in [9.17, 15) is 9.59 Å². The highest BCUT2D eigenvalue weighted by atomic mass is 16.4. The van der Waals surface area contributed by atoms with E-state index in [-0.39, 0.29) is 24.2 Å². The third-order valence-electron chi connectivity index (χ3n) is 5.88. The van der Waals surface area contributed by atoms with Crippen molar-refractivity contribution in [1.29, 1.82) is 0 Å². The quantitative estimate of drug-likeness (QED) is 0.776. The van der Waals surface area contributed by atoms with Crippen LogP contribution in [0.4, 0.5) is 0 Å². The van der Waals surface area contributed by atoms with Crippen molar-refractivity contribution in [2.75, 3.05) is 26.2 Å². The molecule has 0 atom stereocenters. The lowest BCUT2D eigenvalue weighted by Gasteiger charge is -2.30. The molecule has 0 bridgehead atoms. The zero-order chi connectivity index (χ0) is 20.2. The molecular formula is C22H28N4O3. The normalized spacial score (nSPS) is 17.7. The number of aromatic nitrogens is 2. The van der Waals surface area contributed by atoms with E-state index in [1.165, 1.54) is 5.56 Å². The third kappa shape index (κ3) is 4.83. The van der Waals surface area contributed by atoms with E-state index < -0.39 is 0 Å². The zero-order valence-corrected chi connectivity index (χ0v) is 17.0. The van der Waals surface area contributed by atoms with Crippen LogP contribution in [0.5, 0.6) is 0 Å². The Labute approximate surface area is 171 Å². The van der Waals surface area contributed by atoms with E-state index in [0.29, 0.717) is 31.3 Å².